The lowest BCUT2D eigenvalue weighted by Crippen LogP contribution is -2.39. The standard InChI is InChI=1S/C19H23ClN2O5S2/c1-19(2)11-13-5-4-6-14(18(13)27-19)26-10-9-21-16(23)12-22(3)29(24,25)17-8-7-15(20)28-17/h4-8H,9-12H2,1-3H3,(H,21,23). The number of amides is 1. The second kappa shape index (κ2) is 8.51. The molecule has 1 aromatic carbocycles. The molecule has 2 heterocycles. The first-order valence-electron chi connectivity index (χ1n) is 9.00. The summed E-state index contributed by atoms with van der Waals surface area (Å²) < 4.78 is 38.0. The highest BCUT2D eigenvalue weighted by Gasteiger charge is 2.32. The number of rotatable bonds is 8. The zero-order valence-electron chi connectivity index (χ0n) is 16.4. The van der Waals surface area contributed by atoms with Crippen molar-refractivity contribution in [2.75, 3.05) is 26.7 Å². The molecule has 0 fully saturated rings. The summed E-state index contributed by atoms with van der Waals surface area (Å²) in [5.41, 5.74) is 0.829. The van der Waals surface area contributed by atoms with Crippen LogP contribution in [0.5, 0.6) is 11.5 Å². The van der Waals surface area contributed by atoms with Crippen molar-refractivity contribution in [2.45, 2.75) is 30.1 Å². The summed E-state index contributed by atoms with van der Waals surface area (Å²) in [6, 6.07) is 8.68. The second-order valence-corrected chi connectivity index (χ2v) is 11.3. The largest absolute Gasteiger partial charge is 0.488 e. The van der Waals surface area contributed by atoms with Crippen LogP contribution in [0.1, 0.15) is 19.4 Å². The predicted molar refractivity (Wildman–Crippen MR) is 113 cm³/mol. The molecule has 1 N–H and O–H groups in total. The lowest BCUT2D eigenvalue weighted by atomic mass is 10.0. The van der Waals surface area contributed by atoms with Gasteiger partial charge in [0.15, 0.2) is 11.5 Å². The van der Waals surface area contributed by atoms with E-state index >= 15 is 0 Å². The zero-order valence-corrected chi connectivity index (χ0v) is 18.8. The molecule has 7 nitrogen and oxygen atoms in total. The molecule has 1 aromatic heterocycles. The van der Waals surface area contributed by atoms with Crippen LogP contribution in [0.3, 0.4) is 0 Å². The van der Waals surface area contributed by atoms with Crippen LogP contribution >= 0.6 is 22.9 Å². The molecular formula is C19H23ClN2O5S2. The van der Waals surface area contributed by atoms with Crippen molar-refractivity contribution in [2.24, 2.45) is 0 Å². The summed E-state index contributed by atoms with van der Waals surface area (Å²) in [5, 5.41) is 2.66. The van der Waals surface area contributed by atoms with Crippen LogP contribution in [0.2, 0.25) is 4.34 Å². The lowest BCUT2D eigenvalue weighted by molar-refractivity contribution is -0.121. The van der Waals surface area contributed by atoms with Crippen molar-refractivity contribution in [1.29, 1.82) is 0 Å². The number of para-hydroxylation sites is 1. The molecule has 0 bridgehead atoms. The predicted octanol–water partition coefficient (Wildman–Crippen LogP) is 2.93. The first-order chi connectivity index (χ1) is 13.6. The molecule has 0 saturated carbocycles. The third-order valence-electron chi connectivity index (χ3n) is 4.32. The fourth-order valence-corrected chi connectivity index (χ4v) is 5.81. The van der Waals surface area contributed by atoms with Gasteiger partial charge in [-0.1, -0.05) is 23.7 Å². The van der Waals surface area contributed by atoms with E-state index in [1.807, 2.05) is 32.0 Å². The van der Waals surface area contributed by atoms with E-state index in [4.69, 9.17) is 21.1 Å². The second-order valence-electron chi connectivity index (χ2n) is 7.30. The Balaban J connectivity index is 1.47. The number of hydrogen-bond donors (Lipinski definition) is 1. The molecular weight excluding hydrogens is 436 g/mol. The average Bonchev–Trinajstić information content (AvgIpc) is 3.20. The SMILES string of the molecule is CN(CC(=O)NCCOc1cccc2c1OC(C)(C)C2)S(=O)(=O)c1ccc(Cl)s1. The Morgan fingerprint density at radius 3 is 2.79 bits per heavy atom. The van der Waals surface area contributed by atoms with Gasteiger partial charge >= 0.3 is 0 Å². The zero-order chi connectivity index (χ0) is 21.2. The maximum atomic E-state index is 12.4. The van der Waals surface area contributed by atoms with Gasteiger partial charge in [-0.15, -0.1) is 11.3 Å². The van der Waals surface area contributed by atoms with Gasteiger partial charge in [-0.2, -0.15) is 4.31 Å². The maximum absolute atomic E-state index is 12.4. The molecule has 0 atom stereocenters. The first kappa shape index (κ1) is 21.9. The van der Waals surface area contributed by atoms with Crippen molar-refractivity contribution < 1.29 is 22.7 Å². The van der Waals surface area contributed by atoms with Crippen LogP contribution in [-0.2, 0) is 21.2 Å². The van der Waals surface area contributed by atoms with E-state index in [0.717, 1.165) is 33.4 Å². The van der Waals surface area contributed by atoms with E-state index in [0.29, 0.717) is 10.1 Å². The minimum atomic E-state index is -3.75. The van der Waals surface area contributed by atoms with Gasteiger partial charge in [-0.25, -0.2) is 8.42 Å². The highest BCUT2D eigenvalue weighted by molar-refractivity contribution is 7.91. The van der Waals surface area contributed by atoms with E-state index in [-0.39, 0.29) is 29.5 Å². The number of thiophene rings is 1. The van der Waals surface area contributed by atoms with Gasteiger partial charge < -0.3 is 14.8 Å². The molecule has 29 heavy (non-hydrogen) atoms. The Morgan fingerprint density at radius 1 is 1.34 bits per heavy atom. The molecule has 10 heteroatoms. The Labute approximate surface area is 179 Å². The first-order valence-corrected chi connectivity index (χ1v) is 11.6. The number of nitrogens with zero attached hydrogens (tertiary/aromatic N) is 1. The topological polar surface area (TPSA) is 84.9 Å². The normalized spacial score (nSPS) is 15.1. The van der Waals surface area contributed by atoms with E-state index in [2.05, 4.69) is 5.32 Å². The van der Waals surface area contributed by atoms with Gasteiger partial charge in [0.05, 0.1) is 17.4 Å². The monoisotopic (exact) mass is 458 g/mol. The number of sulfonamides is 1. The van der Waals surface area contributed by atoms with Crippen LogP contribution < -0.4 is 14.8 Å². The molecule has 0 unspecified atom stereocenters. The highest BCUT2D eigenvalue weighted by Crippen LogP contribution is 2.41. The van der Waals surface area contributed by atoms with Crippen molar-refractivity contribution in [3.8, 4) is 11.5 Å². The molecule has 3 rings (SSSR count). The van der Waals surface area contributed by atoms with Gasteiger partial charge in [-0.05, 0) is 32.0 Å². The Bertz CT molecular complexity index is 1000. The number of ether oxygens (including phenoxy) is 2. The minimum absolute atomic E-state index is 0.0991. The molecule has 158 valence electrons. The van der Waals surface area contributed by atoms with Crippen LogP contribution in [-0.4, -0.2) is 51.0 Å². The number of likely N-dealkylation sites (N-methyl/N-ethyl adjacent to an activating group) is 1. The van der Waals surface area contributed by atoms with Gasteiger partial charge in [0, 0.05) is 19.0 Å². The fraction of sp³-hybridized carbons (Fsp3) is 0.421. The lowest BCUT2D eigenvalue weighted by Gasteiger charge is -2.18. The van der Waals surface area contributed by atoms with Crippen molar-refractivity contribution in [3.05, 3.63) is 40.2 Å². The van der Waals surface area contributed by atoms with Crippen LogP contribution in [0.25, 0.3) is 0 Å². The van der Waals surface area contributed by atoms with Crippen LogP contribution in [0.4, 0.5) is 0 Å². The molecule has 0 aliphatic carbocycles. The van der Waals surface area contributed by atoms with Crippen molar-refractivity contribution >= 4 is 38.9 Å². The van der Waals surface area contributed by atoms with Crippen molar-refractivity contribution in [3.63, 3.8) is 0 Å². The van der Waals surface area contributed by atoms with Crippen LogP contribution in [0.15, 0.2) is 34.5 Å². The number of carbonyl (C=O) groups excluding carboxylic acids is 1. The number of nitrogens with one attached hydrogen (secondary N) is 1. The molecule has 0 spiro atoms. The molecule has 1 aliphatic rings. The number of hydrogen-bond acceptors (Lipinski definition) is 6. The molecule has 2 aromatic rings. The summed E-state index contributed by atoms with van der Waals surface area (Å²) in [6.07, 6.45) is 0.812. The molecule has 1 aliphatic heterocycles. The van der Waals surface area contributed by atoms with E-state index in [9.17, 15) is 13.2 Å². The van der Waals surface area contributed by atoms with Gasteiger partial charge in [-0.3, -0.25) is 4.79 Å². The summed E-state index contributed by atoms with van der Waals surface area (Å²) in [7, 11) is -2.39. The van der Waals surface area contributed by atoms with E-state index < -0.39 is 15.9 Å². The molecule has 0 saturated heterocycles. The number of fused-ring (bicyclic) bond motifs is 1. The molecule has 0 radical (unpaired) electrons. The summed E-state index contributed by atoms with van der Waals surface area (Å²) >= 11 is 6.75. The maximum Gasteiger partial charge on any atom is 0.252 e. The average molecular weight is 459 g/mol. The smallest absolute Gasteiger partial charge is 0.252 e. The summed E-state index contributed by atoms with van der Waals surface area (Å²) in [4.78, 5) is 12.1. The fourth-order valence-electron chi connectivity index (χ4n) is 2.99. The summed E-state index contributed by atoms with van der Waals surface area (Å²) in [5.74, 6) is 0.957. The number of halogens is 1. The quantitative estimate of drug-likeness (QED) is 0.615. The number of benzene rings is 1. The van der Waals surface area contributed by atoms with E-state index in [1.165, 1.54) is 19.2 Å². The molecule has 1 amide bonds. The van der Waals surface area contributed by atoms with E-state index in [1.54, 1.807) is 0 Å². The highest BCUT2D eigenvalue weighted by atomic mass is 35.5. The third kappa shape index (κ3) is 5.22. The Hall–Kier alpha value is -1.81. The van der Waals surface area contributed by atoms with Gasteiger partial charge in [0.2, 0.25) is 5.91 Å². The third-order valence-corrected chi connectivity index (χ3v) is 7.82. The van der Waals surface area contributed by atoms with Crippen LogP contribution in [0, 0.1) is 0 Å². The van der Waals surface area contributed by atoms with Gasteiger partial charge in [0.1, 0.15) is 16.4 Å². The number of carbonyl (C=O) groups is 1. The minimum Gasteiger partial charge on any atom is -0.488 e. The Morgan fingerprint density at radius 2 is 2.10 bits per heavy atom. The van der Waals surface area contributed by atoms with Crippen molar-refractivity contribution in [1.82, 2.24) is 9.62 Å². The van der Waals surface area contributed by atoms with Gasteiger partial charge in [0.25, 0.3) is 10.0 Å². The Kier molecular flexibility index (Phi) is 6.42. The summed E-state index contributed by atoms with van der Waals surface area (Å²) in [6.45, 7) is 4.22.